The van der Waals surface area contributed by atoms with Crippen molar-refractivity contribution >= 4 is 32.6 Å². The van der Waals surface area contributed by atoms with Gasteiger partial charge in [-0.1, -0.05) is 38.1 Å². The van der Waals surface area contributed by atoms with Crippen molar-refractivity contribution in [1.82, 2.24) is 9.71 Å². The maximum atomic E-state index is 13.6. The van der Waals surface area contributed by atoms with Gasteiger partial charge in [-0.15, -0.1) is 0 Å². The Morgan fingerprint density at radius 1 is 1.02 bits per heavy atom. The quantitative estimate of drug-likeness (QED) is 0.217. The number of hydrogen-bond donors (Lipinski definition) is 5. The number of aromatic nitrogens is 1. The van der Waals surface area contributed by atoms with E-state index in [1.807, 2.05) is 13.8 Å². The summed E-state index contributed by atoms with van der Waals surface area (Å²) in [7, 11) is -4.07. The molecule has 0 saturated carbocycles. The third kappa shape index (κ3) is 4.77. The van der Waals surface area contributed by atoms with Gasteiger partial charge in [-0.2, -0.15) is 0 Å². The molecule has 5 rings (SSSR count). The van der Waals surface area contributed by atoms with Gasteiger partial charge in [0.15, 0.2) is 5.78 Å². The lowest BCUT2D eigenvalue weighted by Gasteiger charge is -2.32. The highest BCUT2D eigenvalue weighted by Gasteiger charge is 2.40. The van der Waals surface area contributed by atoms with Gasteiger partial charge in [0.25, 0.3) is 15.9 Å². The highest BCUT2D eigenvalue weighted by atomic mass is 32.2. The summed E-state index contributed by atoms with van der Waals surface area (Å²) in [4.78, 5) is 29.7. The normalized spacial score (nSPS) is 15.7. The molecule has 0 saturated heterocycles. The van der Waals surface area contributed by atoms with Crippen LogP contribution in [0.1, 0.15) is 51.4 Å². The summed E-state index contributed by atoms with van der Waals surface area (Å²) in [5, 5.41) is 29.1. The number of nitrogens with one attached hydrogen (secondary N) is 2. The fraction of sp³-hybridized carbons (Fsp3) is 0.241. The van der Waals surface area contributed by atoms with E-state index in [9.17, 15) is 28.2 Å². The van der Waals surface area contributed by atoms with Crippen LogP contribution in [0, 0.1) is 0 Å². The lowest BCUT2D eigenvalue weighted by molar-refractivity contribution is -0.0339. The fourth-order valence-electron chi connectivity index (χ4n) is 4.89. The Kier molecular flexibility index (Phi) is 7.01. The Labute approximate surface area is 230 Å². The number of carbonyl (C=O) groups is 2. The second kappa shape index (κ2) is 10.2. The molecule has 208 valence electrons. The van der Waals surface area contributed by atoms with E-state index in [-0.39, 0.29) is 22.8 Å². The number of amides is 1. The number of aliphatic hydroxyl groups is 3. The first kappa shape index (κ1) is 27.5. The Bertz CT molecular complexity index is 1730. The first-order valence-electron chi connectivity index (χ1n) is 12.5. The van der Waals surface area contributed by atoms with E-state index in [0.717, 1.165) is 0 Å². The standard InChI is InChI=1S/C29H28N2O8S/c1-29(2)21-13-17(39-15-24(34)23(33)14-32)9-11-19(21)26(35)25-20-10-8-16(12-22(20)30-27(25)29)28(36)31-40(37,38)18-6-4-3-5-7-18/h3-13,23-24,30,32-34H,14-15H2,1-2H3,(H,31,36)/t23-,24-/m1/s1. The first-order valence-corrected chi connectivity index (χ1v) is 14.0. The van der Waals surface area contributed by atoms with Gasteiger partial charge < -0.3 is 25.0 Å². The van der Waals surface area contributed by atoms with Crippen LogP contribution in [0.4, 0.5) is 0 Å². The number of carbonyl (C=O) groups excluding carboxylic acids is 2. The Hall–Kier alpha value is -4.03. The summed E-state index contributed by atoms with van der Waals surface area (Å²) in [5.74, 6) is -0.647. The molecule has 1 amide bonds. The van der Waals surface area contributed by atoms with Crippen molar-refractivity contribution in [3.8, 4) is 5.75 Å². The van der Waals surface area contributed by atoms with Gasteiger partial charge in [0, 0.05) is 33.1 Å². The van der Waals surface area contributed by atoms with Gasteiger partial charge in [0.05, 0.1) is 17.1 Å². The molecule has 2 atom stereocenters. The number of aromatic amines is 1. The van der Waals surface area contributed by atoms with Crippen LogP contribution in [-0.2, 0) is 15.4 Å². The van der Waals surface area contributed by atoms with Crippen molar-refractivity contribution in [3.63, 3.8) is 0 Å². The highest BCUT2D eigenvalue weighted by molar-refractivity contribution is 7.90. The van der Waals surface area contributed by atoms with Crippen LogP contribution in [0.5, 0.6) is 5.75 Å². The van der Waals surface area contributed by atoms with Crippen LogP contribution in [0.25, 0.3) is 10.9 Å². The van der Waals surface area contributed by atoms with Gasteiger partial charge in [-0.3, -0.25) is 9.59 Å². The van der Waals surface area contributed by atoms with E-state index >= 15 is 0 Å². The van der Waals surface area contributed by atoms with Crippen LogP contribution in [0.2, 0.25) is 0 Å². The molecular weight excluding hydrogens is 536 g/mol. The molecule has 4 aromatic rings. The van der Waals surface area contributed by atoms with Crippen molar-refractivity contribution < 1.29 is 38.1 Å². The lowest BCUT2D eigenvalue weighted by Crippen LogP contribution is -2.34. The summed E-state index contributed by atoms with van der Waals surface area (Å²) >= 11 is 0. The third-order valence-electron chi connectivity index (χ3n) is 7.15. The van der Waals surface area contributed by atoms with Crippen LogP contribution >= 0.6 is 0 Å². The molecule has 1 aliphatic rings. The van der Waals surface area contributed by atoms with Gasteiger partial charge >= 0.3 is 0 Å². The summed E-state index contributed by atoms with van der Waals surface area (Å²) in [5.41, 5.74) is 2.15. The smallest absolute Gasteiger partial charge is 0.265 e. The molecule has 1 aromatic heterocycles. The lowest BCUT2D eigenvalue weighted by atomic mass is 9.71. The highest BCUT2D eigenvalue weighted by Crippen LogP contribution is 2.44. The molecule has 5 N–H and O–H groups in total. The zero-order valence-electron chi connectivity index (χ0n) is 21.7. The van der Waals surface area contributed by atoms with E-state index in [1.54, 1.807) is 42.5 Å². The van der Waals surface area contributed by atoms with Crippen molar-refractivity contribution in [2.45, 2.75) is 36.4 Å². The van der Waals surface area contributed by atoms with E-state index < -0.39 is 40.2 Å². The number of sulfonamides is 1. The van der Waals surface area contributed by atoms with Gasteiger partial charge in [0.1, 0.15) is 24.6 Å². The van der Waals surface area contributed by atoms with Crippen LogP contribution in [0.3, 0.4) is 0 Å². The molecular formula is C29H28N2O8S. The number of hydrogen-bond acceptors (Lipinski definition) is 8. The SMILES string of the molecule is CC1(C)c2cc(OC[C@@H](O)[C@H](O)CO)ccc2C(=O)c2c1[nH]c1cc(C(=O)NS(=O)(=O)c3ccccc3)ccc21. The minimum absolute atomic E-state index is 0.0349. The Balaban J connectivity index is 1.46. The number of rotatable bonds is 8. The molecule has 40 heavy (non-hydrogen) atoms. The predicted octanol–water partition coefficient (Wildman–Crippen LogP) is 2.25. The second-order valence-electron chi connectivity index (χ2n) is 10.2. The summed E-state index contributed by atoms with van der Waals surface area (Å²) in [6.45, 7) is 3.00. The minimum atomic E-state index is -4.07. The molecule has 0 spiro atoms. The van der Waals surface area contributed by atoms with Gasteiger partial charge in [-0.25, -0.2) is 13.1 Å². The number of ether oxygens (including phenoxy) is 1. The van der Waals surface area contributed by atoms with Crippen molar-refractivity contribution in [2.75, 3.05) is 13.2 Å². The maximum Gasteiger partial charge on any atom is 0.265 e. The Morgan fingerprint density at radius 3 is 2.45 bits per heavy atom. The van der Waals surface area contributed by atoms with Crippen LogP contribution in [0.15, 0.2) is 71.6 Å². The van der Waals surface area contributed by atoms with Crippen LogP contribution in [-0.4, -0.2) is 65.8 Å². The molecule has 11 heteroatoms. The zero-order chi connectivity index (χ0) is 28.8. The average molecular weight is 565 g/mol. The van der Waals surface area contributed by atoms with Gasteiger partial charge in [-0.05, 0) is 48.0 Å². The number of benzene rings is 3. The van der Waals surface area contributed by atoms with E-state index in [2.05, 4.69) is 9.71 Å². The number of fused-ring (bicyclic) bond motifs is 4. The largest absolute Gasteiger partial charge is 0.491 e. The number of H-pyrrole nitrogens is 1. The molecule has 1 heterocycles. The molecule has 0 bridgehead atoms. The molecule has 10 nitrogen and oxygen atoms in total. The fourth-order valence-corrected chi connectivity index (χ4v) is 5.89. The van der Waals surface area contributed by atoms with Crippen molar-refractivity contribution in [1.29, 1.82) is 0 Å². The molecule has 3 aromatic carbocycles. The molecule has 0 aliphatic heterocycles. The Morgan fingerprint density at radius 2 is 1.75 bits per heavy atom. The van der Waals surface area contributed by atoms with Gasteiger partial charge in [0.2, 0.25) is 0 Å². The first-order chi connectivity index (χ1) is 18.9. The molecule has 0 unspecified atom stereocenters. The topological polar surface area (TPSA) is 166 Å². The van der Waals surface area contributed by atoms with Crippen LogP contribution < -0.4 is 9.46 Å². The minimum Gasteiger partial charge on any atom is -0.491 e. The van der Waals surface area contributed by atoms with Crippen molar-refractivity contribution in [3.05, 3.63) is 94.7 Å². The third-order valence-corrected chi connectivity index (χ3v) is 8.50. The predicted molar refractivity (Wildman–Crippen MR) is 146 cm³/mol. The number of ketones is 1. The van der Waals surface area contributed by atoms with E-state index in [0.29, 0.717) is 39.0 Å². The summed E-state index contributed by atoms with van der Waals surface area (Å²) < 4.78 is 32.9. The summed E-state index contributed by atoms with van der Waals surface area (Å²) in [6.07, 6.45) is -2.62. The monoisotopic (exact) mass is 564 g/mol. The molecule has 0 fully saturated rings. The molecule has 0 radical (unpaired) electrons. The van der Waals surface area contributed by atoms with E-state index in [4.69, 9.17) is 9.84 Å². The van der Waals surface area contributed by atoms with E-state index in [1.165, 1.54) is 24.3 Å². The molecule has 1 aliphatic carbocycles. The number of aliphatic hydroxyl groups excluding tert-OH is 3. The maximum absolute atomic E-state index is 13.6. The summed E-state index contributed by atoms with van der Waals surface area (Å²) in [6, 6.07) is 17.1. The van der Waals surface area contributed by atoms with Crippen molar-refractivity contribution in [2.24, 2.45) is 0 Å². The average Bonchev–Trinajstić information content (AvgIpc) is 3.35. The zero-order valence-corrected chi connectivity index (χ0v) is 22.5. The second-order valence-corrected chi connectivity index (χ2v) is 11.9.